The van der Waals surface area contributed by atoms with Gasteiger partial charge in [0.25, 0.3) is 5.22 Å². The van der Waals surface area contributed by atoms with E-state index >= 15 is 0 Å². The van der Waals surface area contributed by atoms with Crippen LogP contribution in [-0.4, -0.2) is 10.2 Å². The first-order valence-electron chi connectivity index (χ1n) is 6.74. The van der Waals surface area contributed by atoms with E-state index in [1.807, 2.05) is 24.3 Å². The Morgan fingerprint density at radius 1 is 1.17 bits per heavy atom. The van der Waals surface area contributed by atoms with Gasteiger partial charge in [0.15, 0.2) is 0 Å². The van der Waals surface area contributed by atoms with Gasteiger partial charge in [-0.05, 0) is 29.8 Å². The van der Waals surface area contributed by atoms with Gasteiger partial charge in [0.2, 0.25) is 5.89 Å². The lowest BCUT2D eigenvalue weighted by molar-refractivity contribution is 0.418. The predicted octanol–water partition coefficient (Wildman–Crippen LogP) is 5.51. The zero-order chi connectivity index (χ0) is 16.2. The highest BCUT2D eigenvalue weighted by molar-refractivity contribution is 9.10. The van der Waals surface area contributed by atoms with Crippen molar-refractivity contribution in [1.82, 2.24) is 10.2 Å². The van der Waals surface area contributed by atoms with E-state index in [-0.39, 0.29) is 12.2 Å². The van der Waals surface area contributed by atoms with Crippen LogP contribution in [0.5, 0.6) is 0 Å². The second-order valence-corrected chi connectivity index (χ2v) is 7.01. The molecule has 1 aromatic heterocycles. The fourth-order valence-corrected chi connectivity index (χ4v) is 3.39. The molecule has 0 saturated heterocycles. The third-order valence-corrected chi connectivity index (χ3v) is 4.83. The molecule has 1 heterocycles. The Balaban J connectivity index is 1.66. The van der Waals surface area contributed by atoms with Crippen LogP contribution in [0.2, 0.25) is 5.02 Å². The molecule has 0 unspecified atom stereocenters. The van der Waals surface area contributed by atoms with E-state index in [0.717, 1.165) is 10.0 Å². The van der Waals surface area contributed by atoms with Crippen LogP contribution >= 0.6 is 39.3 Å². The summed E-state index contributed by atoms with van der Waals surface area (Å²) in [7, 11) is 0. The first kappa shape index (κ1) is 16.5. The summed E-state index contributed by atoms with van der Waals surface area (Å²) < 4.78 is 20.3. The monoisotopic (exact) mass is 412 g/mol. The maximum absolute atomic E-state index is 13.8. The van der Waals surface area contributed by atoms with Gasteiger partial charge in [-0.15, -0.1) is 10.2 Å². The Morgan fingerprint density at radius 2 is 2.00 bits per heavy atom. The Labute approximate surface area is 150 Å². The van der Waals surface area contributed by atoms with Gasteiger partial charge in [0.05, 0.1) is 6.42 Å². The van der Waals surface area contributed by atoms with Crippen LogP contribution in [0.25, 0.3) is 0 Å². The standard InChI is InChI=1S/C16H11BrClFN2OS/c17-11-4-1-3-10(7-11)9-23-16-21-20-15(22-16)8-12-13(18)5-2-6-14(12)19/h1-7H,8-9H2. The summed E-state index contributed by atoms with van der Waals surface area (Å²) >= 11 is 10.9. The lowest BCUT2D eigenvalue weighted by Crippen LogP contribution is -1.94. The summed E-state index contributed by atoms with van der Waals surface area (Å²) in [5.74, 6) is 0.675. The van der Waals surface area contributed by atoms with E-state index in [0.29, 0.717) is 27.5 Å². The number of hydrogen-bond acceptors (Lipinski definition) is 4. The van der Waals surface area contributed by atoms with E-state index in [4.69, 9.17) is 16.0 Å². The molecule has 0 atom stereocenters. The normalized spacial score (nSPS) is 10.9. The number of rotatable bonds is 5. The SMILES string of the molecule is Fc1cccc(Cl)c1Cc1nnc(SCc2cccc(Br)c2)o1. The molecular formula is C16H11BrClFN2OS. The summed E-state index contributed by atoms with van der Waals surface area (Å²) in [6.07, 6.45) is 0.177. The average molecular weight is 414 g/mol. The molecule has 0 aliphatic heterocycles. The number of aromatic nitrogens is 2. The van der Waals surface area contributed by atoms with E-state index < -0.39 is 0 Å². The van der Waals surface area contributed by atoms with Crippen LogP contribution in [0.15, 0.2) is 56.6 Å². The van der Waals surface area contributed by atoms with Crippen LogP contribution in [0, 0.1) is 5.82 Å². The lowest BCUT2D eigenvalue weighted by atomic mass is 10.1. The molecule has 0 spiro atoms. The van der Waals surface area contributed by atoms with Crippen molar-refractivity contribution in [3.8, 4) is 0 Å². The van der Waals surface area contributed by atoms with Crippen molar-refractivity contribution in [3.05, 3.63) is 74.8 Å². The number of benzene rings is 2. The Morgan fingerprint density at radius 3 is 2.78 bits per heavy atom. The molecular weight excluding hydrogens is 403 g/mol. The molecule has 0 aliphatic carbocycles. The minimum Gasteiger partial charge on any atom is -0.416 e. The van der Waals surface area contributed by atoms with Crippen molar-refractivity contribution >= 4 is 39.3 Å². The summed E-state index contributed by atoms with van der Waals surface area (Å²) in [4.78, 5) is 0. The Bertz CT molecular complexity index is 807. The molecule has 3 aromatic rings. The molecule has 0 fully saturated rings. The first-order chi connectivity index (χ1) is 11.1. The quantitative estimate of drug-likeness (QED) is 0.517. The van der Waals surface area contributed by atoms with Gasteiger partial charge < -0.3 is 4.42 Å². The summed E-state index contributed by atoms with van der Waals surface area (Å²) in [6, 6.07) is 12.6. The second-order valence-electron chi connectivity index (χ2n) is 4.76. The molecule has 7 heteroatoms. The fourth-order valence-electron chi connectivity index (χ4n) is 1.99. The van der Waals surface area contributed by atoms with Gasteiger partial charge in [-0.25, -0.2) is 4.39 Å². The predicted molar refractivity (Wildman–Crippen MR) is 92.2 cm³/mol. The van der Waals surface area contributed by atoms with Crippen molar-refractivity contribution < 1.29 is 8.81 Å². The van der Waals surface area contributed by atoms with Gasteiger partial charge >= 0.3 is 0 Å². The molecule has 0 bridgehead atoms. The number of hydrogen-bond donors (Lipinski definition) is 0. The Kier molecular flexibility index (Phi) is 5.35. The van der Waals surface area contributed by atoms with Crippen molar-refractivity contribution in [2.75, 3.05) is 0 Å². The van der Waals surface area contributed by atoms with Crippen molar-refractivity contribution in [2.45, 2.75) is 17.4 Å². The zero-order valence-electron chi connectivity index (χ0n) is 11.8. The second kappa shape index (κ2) is 7.47. The highest BCUT2D eigenvalue weighted by Gasteiger charge is 2.13. The van der Waals surface area contributed by atoms with Gasteiger partial charge in [-0.3, -0.25) is 0 Å². The van der Waals surface area contributed by atoms with E-state index in [9.17, 15) is 4.39 Å². The topological polar surface area (TPSA) is 38.9 Å². The highest BCUT2D eigenvalue weighted by Crippen LogP contribution is 2.26. The molecule has 0 N–H and O–H groups in total. The lowest BCUT2D eigenvalue weighted by Gasteiger charge is -2.02. The molecule has 3 nitrogen and oxygen atoms in total. The zero-order valence-corrected chi connectivity index (χ0v) is 15.0. The van der Waals surface area contributed by atoms with Gasteiger partial charge in [-0.2, -0.15) is 0 Å². The van der Waals surface area contributed by atoms with Crippen LogP contribution in [-0.2, 0) is 12.2 Å². The average Bonchev–Trinajstić information content (AvgIpc) is 2.97. The molecule has 118 valence electrons. The minimum absolute atomic E-state index is 0.177. The third-order valence-electron chi connectivity index (χ3n) is 3.09. The summed E-state index contributed by atoms with van der Waals surface area (Å²) in [5.41, 5.74) is 1.50. The Hall–Kier alpha value is -1.37. The fraction of sp³-hybridized carbons (Fsp3) is 0.125. The number of thioether (sulfide) groups is 1. The first-order valence-corrected chi connectivity index (χ1v) is 8.90. The van der Waals surface area contributed by atoms with Crippen molar-refractivity contribution in [2.24, 2.45) is 0 Å². The van der Waals surface area contributed by atoms with E-state index in [2.05, 4.69) is 26.1 Å². The van der Waals surface area contributed by atoms with Gasteiger partial charge in [0.1, 0.15) is 5.82 Å². The van der Waals surface area contributed by atoms with Crippen LogP contribution in [0.1, 0.15) is 17.0 Å². The third kappa shape index (κ3) is 4.34. The summed E-state index contributed by atoms with van der Waals surface area (Å²) in [6.45, 7) is 0. The molecule has 0 amide bonds. The minimum atomic E-state index is -0.376. The van der Waals surface area contributed by atoms with Gasteiger partial charge in [0, 0.05) is 20.8 Å². The molecule has 3 rings (SSSR count). The molecule has 2 aromatic carbocycles. The van der Waals surface area contributed by atoms with Crippen LogP contribution in [0.4, 0.5) is 4.39 Å². The van der Waals surface area contributed by atoms with Crippen molar-refractivity contribution in [3.63, 3.8) is 0 Å². The number of nitrogens with zero attached hydrogens (tertiary/aromatic N) is 2. The van der Waals surface area contributed by atoms with E-state index in [1.54, 1.807) is 12.1 Å². The van der Waals surface area contributed by atoms with Crippen molar-refractivity contribution in [1.29, 1.82) is 0 Å². The molecule has 0 aliphatic rings. The van der Waals surface area contributed by atoms with E-state index in [1.165, 1.54) is 17.8 Å². The number of halogens is 3. The van der Waals surface area contributed by atoms with Crippen LogP contribution in [0.3, 0.4) is 0 Å². The highest BCUT2D eigenvalue weighted by atomic mass is 79.9. The summed E-state index contributed by atoms with van der Waals surface area (Å²) in [5, 5.41) is 8.73. The van der Waals surface area contributed by atoms with Gasteiger partial charge in [-0.1, -0.05) is 57.5 Å². The molecule has 23 heavy (non-hydrogen) atoms. The smallest absolute Gasteiger partial charge is 0.276 e. The maximum Gasteiger partial charge on any atom is 0.276 e. The maximum atomic E-state index is 13.8. The molecule has 0 radical (unpaired) electrons. The molecule has 0 saturated carbocycles. The largest absolute Gasteiger partial charge is 0.416 e. The van der Waals surface area contributed by atoms with Crippen LogP contribution < -0.4 is 0 Å².